The number of carbonyl (C=O) groups excluding carboxylic acids is 2. The summed E-state index contributed by atoms with van der Waals surface area (Å²) in [7, 11) is 1.57. The normalized spacial score (nSPS) is 15.6. The predicted octanol–water partition coefficient (Wildman–Crippen LogP) is 6.12. The largest absolute Gasteiger partial charge is 0.508 e. The zero-order valence-corrected chi connectivity index (χ0v) is 26.1. The van der Waals surface area contributed by atoms with Gasteiger partial charge in [0.05, 0.1) is 27.0 Å². The molecule has 4 rings (SSSR count). The Kier molecular flexibility index (Phi) is 9.72. The summed E-state index contributed by atoms with van der Waals surface area (Å²) in [6, 6.07) is 5.32. The molecule has 226 valence electrons. The van der Waals surface area contributed by atoms with Crippen LogP contribution in [0.2, 0.25) is 10.0 Å². The molecule has 1 aliphatic rings. The number of hydrogen-bond acceptors (Lipinski definition) is 6. The average molecular weight is 628 g/mol. The molecule has 0 radical (unpaired) electrons. The summed E-state index contributed by atoms with van der Waals surface area (Å²) in [5.74, 6) is -0.779. The fourth-order valence-corrected chi connectivity index (χ4v) is 5.70. The van der Waals surface area contributed by atoms with Crippen LogP contribution >= 0.6 is 23.2 Å². The highest BCUT2D eigenvalue weighted by molar-refractivity contribution is 6.43. The summed E-state index contributed by atoms with van der Waals surface area (Å²) in [5, 5.41) is 10.2. The lowest BCUT2D eigenvalue weighted by Crippen LogP contribution is -2.55. The van der Waals surface area contributed by atoms with Gasteiger partial charge in [0.2, 0.25) is 12.3 Å². The first-order chi connectivity index (χ1) is 20.4. The number of pyridine rings is 2. The number of hydrogen-bond donors (Lipinski definition) is 1. The van der Waals surface area contributed by atoms with Gasteiger partial charge in [-0.3, -0.25) is 24.5 Å². The molecule has 12 heteroatoms. The van der Waals surface area contributed by atoms with Gasteiger partial charge in [0, 0.05) is 50.6 Å². The standard InChI is InChI=1S/C31H33Cl2FN6O3/c1-7-25(43)38-10-11-39(19(5)15-38)30(35-6)22-14-24(34)28(21-12-20(42)13-23(32)26(21)33)37-31(22)40(16-41)29-18(4)8-9-36-27(29)17(2)3/h7-9,12-14,16-17,19,42H,1,10-11,15H2,2-6H3/b35-30+. The number of rotatable bonds is 7. The molecule has 1 saturated heterocycles. The second-order valence-corrected chi connectivity index (χ2v) is 11.3. The minimum Gasteiger partial charge on any atom is -0.508 e. The number of benzene rings is 1. The number of aliphatic imine (C=N–C) groups is 1. The smallest absolute Gasteiger partial charge is 0.246 e. The predicted molar refractivity (Wildman–Crippen MR) is 168 cm³/mol. The molecule has 1 N–H and O–H groups in total. The summed E-state index contributed by atoms with van der Waals surface area (Å²) in [6.07, 6.45) is 3.55. The van der Waals surface area contributed by atoms with Crippen LogP contribution < -0.4 is 4.90 Å². The van der Waals surface area contributed by atoms with Crippen LogP contribution in [0.25, 0.3) is 11.3 Å². The molecule has 1 fully saturated rings. The van der Waals surface area contributed by atoms with Crippen molar-refractivity contribution in [3.8, 4) is 17.0 Å². The highest BCUT2D eigenvalue weighted by atomic mass is 35.5. The maximum absolute atomic E-state index is 16.1. The van der Waals surface area contributed by atoms with Crippen LogP contribution in [0.4, 0.5) is 15.9 Å². The van der Waals surface area contributed by atoms with E-state index in [9.17, 15) is 14.7 Å². The van der Waals surface area contributed by atoms with Crippen LogP contribution in [0, 0.1) is 12.7 Å². The van der Waals surface area contributed by atoms with Gasteiger partial charge in [-0.25, -0.2) is 9.37 Å². The van der Waals surface area contributed by atoms with Crippen LogP contribution in [0.1, 0.15) is 43.5 Å². The molecule has 0 bridgehead atoms. The van der Waals surface area contributed by atoms with Gasteiger partial charge in [0.15, 0.2) is 5.82 Å². The number of amidine groups is 1. The third-order valence-electron chi connectivity index (χ3n) is 7.34. The van der Waals surface area contributed by atoms with E-state index >= 15 is 4.39 Å². The highest BCUT2D eigenvalue weighted by Gasteiger charge is 2.33. The van der Waals surface area contributed by atoms with E-state index in [1.165, 1.54) is 29.2 Å². The Morgan fingerprint density at radius 2 is 2.00 bits per heavy atom. The van der Waals surface area contributed by atoms with Gasteiger partial charge in [-0.05, 0) is 49.6 Å². The molecule has 3 heterocycles. The maximum atomic E-state index is 16.1. The molecule has 1 atom stereocenters. The van der Waals surface area contributed by atoms with E-state index in [4.69, 9.17) is 23.2 Å². The number of piperazine rings is 1. The fourth-order valence-electron chi connectivity index (χ4n) is 5.28. The molecule has 1 unspecified atom stereocenters. The number of nitrogens with zero attached hydrogens (tertiary/aromatic N) is 6. The van der Waals surface area contributed by atoms with Crippen molar-refractivity contribution in [1.29, 1.82) is 0 Å². The number of anilines is 2. The first-order valence-electron chi connectivity index (χ1n) is 13.7. The van der Waals surface area contributed by atoms with E-state index in [2.05, 4.69) is 21.5 Å². The zero-order chi connectivity index (χ0) is 31.6. The van der Waals surface area contributed by atoms with Crippen molar-refractivity contribution in [2.75, 3.05) is 31.6 Å². The highest BCUT2D eigenvalue weighted by Crippen LogP contribution is 2.41. The molecule has 3 aromatic rings. The zero-order valence-electron chi connectivity index (χ0n) is 24.6. The van der Waals surface area contributed by atoms with Crippen LogP contribution in [-0.2, 0) is 9.59 Å². The monoisotopic (exact) mass is 626 g/mol. The van der Waals surface area contributed by atoms with Crippen molar-refractivity contribution in [3.05, 3.63) is 75.8 Å². The summed E-state index contributed by atoms with van der Waals surface area (Å²) in [5.41, 5.74) is 1.97. The first kappa shape index (κ1) is 31.9. The Morgan fingerprint density at radius 3 is 2.60 bits per heavy atom. The average Bonchev–Trinajstić information content (AvgIpc) is 2.97. The second kappa shape index (κ2) is 13.1. The lowest BCUT2D eigenvalue weighted by molar-refractivity contribution is -0.128. The number of aromatic hydroxyl groups is 1. The van der Waals surface area contributed by atoms with E-state index in [0.29, 0.717) is 43.3 Å². The van der Waals surface area contributed by atoms with Crippen LogP contribution in [0.3, 0.4) is 0 Å². The van der Waals surface area contributed by atoms with Crippen molar-refractivity contribution >= 4 is 52.9 Å². The molecule has 0 aliphatic carbocycles. The van der Waals surface area contributed by atoms with Gasteiger partial charge in [-0.2, -0.15) is 0 Å². The molecule has 1 aliphatic heterocycles. The first-order valence-corrected chi connectivity index (χ1v) is 14.4. The molecule has 0 saturated carbocycles. The molecule has 43 heavy (non-hydrogen) atoms. The van der Waals surface area contributed by atoms with E-state index in [1.54, 1.807) is 24.2 Å². The summed E-state index contributed by atoms with van der Waals surface area (Å²) >= 11 is 12.7. The Balaban J connectivity index is 1.99. The number of aromatic nitrogens is 2. The Labute approximate surface area is 260 Å². The molecular weight excluding hydrogens is 594 g/mol. The van der Waals surface area contributed by atoms with E-state index in [1.807, 2.05) is 32.6 Å². The van der Waals surface area contributed by atoms with Crippen molar-refractivity contribution in [2.45, 2.75) is 39.7 Å². The van der Waals surface area contributed by atoms with Gasteiger partial charge in [-0.15, -0.1) is 0 Å². The van der Waals surface area contributed by atoms with Gasteiger partial charge in [0.1, 0.15) is 23.1 Å². The second-order valence-electron chi connectivity index (χ2n) is 10.5. The Hall–Kier alpha value is -4.02. The van der Waals surface area contributed by atoms with Gasteiger partial charge < -0.3 is 14.9 Å². The minimum absolute atomic E-state index is 0.0105. The molecule has 9 nitrogen and oxygen atoms in total. The lowest BCUT2D eigenvalue weighted by Gasteiger charge is -2.41. The quantitative estimate of drug-likeness (QED) is 0.147. The summed E-state index contributed by atoms with van der Waals surface area (Å²) < 4.78 is 16.1. The summed E-state index contributed by atoms with van der Waals surface area (Å²) in [6.45, 7) is 12.5. The van der Waals surface area contributed by atoms with Crippen molar-refractivity contribution < 1.29 is 19.1 Å². The van der Waals surface area contributed by atoms with Crippen LogP contribution in [-0.4, -0.2) is 75.8 Å². The maximum Gasteiger partial charge on any atom is 0.246 e. The van der Waals surface area contributed by atoms with Gasteiger partial charge in [-0.1, -0.05) is 43.6 Å². The summed E-state index contributed by atoms with van der Waals surface area (Å²) in [4.78, 5) is 44.0. The molecule has 2 aromatic heterocycles. The number of amides is 2. The van der Waals surface area contributed by atoms with Crippen LogP contribution in [0.15, 0.2) is 48.1 Å². The van der Waals surface area contributed by atoms with Crippen molar-refractivity contribution in [3.63, 3.8) is 0 Å². The van der Waals surface area contributed by atoms with Gasteiger partial charge in [0.25, 0.3) is 0 Å². The number of phenolic OH excluding ortho intramolecular Hbond substituents is 1. The third kappa shape index (κ3) is 6.21. The fraction of sp³-hybridized carbons (Fsp3) is 0.323. The third-order valence-corrected chi connectivity index (χ3v) is 8.14. The van der Waals surface area contributed by atoms with Crippen LogP contribution in [0.5, 0.6) is 5.75 Å². The molecule has 0 spiro atoms. The minimum atomic E-state index is -0.769. The number of aryl methyl sites for hydroxylation is 1. The topological polar surface area (TPSA) is 102 Å². The lowest BCUT2D eigenvalue weighted by atomic mass is 10.0. The Bertz CT molecular complexity index is 1610. The number of halogens is 3. The molecule has 1 aromatic carbocycles. The van der Waals surface area contributed by atoms with Crippen molar-refractivity contribution in [1.82, 2.24) is 19.8 Å². The van der Waals surface area contributed by atoms with E-state index in [-0.39, 0.29) is 56.3 Å². The van der Waals surface area contributed by atoms with E-state index in [0.717, 1.165) is 5.56 Å². The van der Waals surface area contributed by atoms with E-state index < -0.39 is 5.82 Å². The SMILES string of the molecule is C=CC(=O)N1CCN(/C(=N/C)c2cc(F)c(-c3cc(O)cc(Cl)c3Cl)nc2N(C=O)c2c(C)ccnc2C(C)C)C(C)C1. The Morgan fingerprint density at radius 1 is 1.28 bits per heavy atom. The molecular formula is C31H33Cl2FN6O3. The molecule has 2 amide bonds. The number of phenols is 1. The van der Waals surface area contributed by atoms with Crippen molar-refractivity contribution in [2.24, 2.45) is 4.99 Å². The van der Waals surface area contributed by atoms with Gasteiger partial charge >= 0.3 is 0 Å². The number of carbonyl (C=O) groups is 2.